The predicted molar refractivity (Wildman–Crippen MR) is 60.8 cm³/mol. The molecule has 0 rings (SSSR count). The Morgan fingerprint density at radius 2 is 1.93 bits per heavy atom. The third kappa shape index (κ3) is 8.43. The van der Waals surface area contributed by atoms with Crippen LogP contribution in [0.1, 0.15) is 52.9 Å². The lowest BCUT2D eigenvalue weighted by molar-refractivity contribution is -0.146. The van der Waals surface area contributed by atoms with Crippen molar-refractivity contribution < 1.29 is 14.3 Å². The largest absolute Gasteiger partial charge is 0.466 e. The van der Waals surface area contributed by atoms with Crippen LogP contribution in [0.5, 0.6) is 0 Å². The minimum atomic E-state index is -0.153. The van der Waals surface area contributed by atoms with Gasteiger partial charge in [-0.1, -0.05) is 26.7 Å². The van der Waals surface area contributed by atoms with Gasteiger partial charge in [0.2, 0.25) is 0 Å². The van der Waals surface area contributed by atoms with Gasteiger partial charge in [-0.05, 0) is 19.8 Å². The van der Waals surface area contributed by atoms with E-state index >= 15 is 0 Å². The fourth-order valence-corrected chi connectivity index (χ4v) is 1.33. The molecule has 0 radical (unpaired) electrons. The van der Waals surface area contributed by atoms with Crippen LogP contribution in [0.3, 0.4) is 0 Å². The van der Waals surface area contributed by atoms with Crippen molar-refractivity contribution in [1.82, 2.24) is 0 Å². The number of rotatable bonds is 9. The zero-order chi connectivity index (χ0) is 11.5. The average Bonchev–Trinajstić information content (AvgIpc) is 2.23. The van der Waals surface area contributed by atoms with E-state index in [2.05, 4.69) is 6.92 Å². The highest BCUT2D eigenvalue weighted by Gasteiger charge is 2.12. The maximum Gasteiger partial charge on any atom is 0.308 e. The smallest absolute Gasteiger partial charge is 0.308 e. The topological polar surface area (TPSA) is 35.5 Å². The molecule has 0 aliphatic rings. The molecular weight excluding hydrogens is 192 g/mol. The summed E-state index contributed by atoms with van der Waals surface area (Å²) in [5.74, 6) is -0.153. The van der Waals surface area contributed by atoms with Crippen molar-refractivity contribution in [2.75, 3.05) is 13.2 Å². The molecule has 0 bridgehead atoms. The van der Waals surface area contributed by atoms with E-state index in [0.717, 1.165) is 19.4 Å². The Hall–Kier alpha value is -0.570. The number of hydrogen-bond donors (Lipinski definition) is 0. The van der Waals surface area contributed by atoms with Gasteiger partial charge < -0.3 is 9.47 Å². The van der Waals surface area contributed by atoms with Gasteiger partial charge in [0.1, 0.15) is 0 Å². The van der Waals surface area contributed by atoms with Crippen molar-refractivity contribution in [1.29, 1.82) is 0 Å². The molecule has 0 spiro atoms. The lowest BCUT2D eigenvalue weighted by Crippen LogP contribution is -2.19. The van der Waals surface area contributed by atoms with Gasteiger partial charge in [0.05, 0.1) is 19.1 Å². The molecule has 0 heterocycles. The molecule has 0 saturated carbocycles. The molecule has 0 aromatic carbocycles. The van der Waals surface area contributed by atoms with Gasteiger partial charge in [-0.3, -0.25) is 4.79 Å². The molecule has 3 nitrogen and oxygen atoms in total. The van der Waals surface area contributed by atoms with E-state index in [1.807, 2.05) is 13.8 Å². The Morgan fingerprint density at radius 1 is 1.20 bits per heavy atom. The fraction of sp³-hybridized carbons (Fsp3) is 0.917. The summed E-state index contributed by atoms with van der Waals surface area (Å²) in [7, 11) is 0. The zero-order valence-corrected chi connectivity index (χ0v) is 10.3. The standard InChI is InChI=1S/C12H24O3/c1-4-7-8-9-15-11(5-2)10-12(13)14-6-3/h11H,4-10H2,1-3H3. The van der Waals surface area contributed by atoms with Crippen molar-refractivity contribution in [3.05, 3.63) is 0 Å². The van der Waals surface area contributed by atoms with Crippen LogP contribution in [-0.2, 0) is 14.3 Å². The molecule has 0 aromatic rings. The quantitative estimate of drug-likeness (QED) is 0.439. The average molecular weight is 216 g/mol. The van der Waals surface area contributed by atoms with Crippen molar-refractivity contribution in [2.45, 2.75) is 59.0 Å². The molecular formula is C12H24O3. The van der Waals surface area contributed by atoms with Crippen LogP contribution in [0.25, 0.3) is 0 Å². The maximum atomic E-state index is 11.2. The minimum absolute atomic E-state index is 0.0286. The van der Waals surface area contributed by atoms with Crippen molar-refractivity contribution in [2.24, 2.45) is 0 Å². The van der Waals surface area contributed by atoms with Crippen LogP contribution in [0, 0.1) is 0 Å². The van der Waals surface area contributed by atoms with Crippen LogP contribution < -0.4 is 0 Å². The monoisotopic (exact) mass is 216 g/mol. The Labute approximate surface area is 93.1 Å². The lowest BCUT2D eigenvalue weighted by Gasteiger charge is -2.14. The van der Waals surface area contributed by atoms with Gasteiger partial charge in [0.25, 0.3) is 0 Å². The number of carbonyl (C=O) groups excluding carboxylic acids is 1. The van der Waals surface area contributed by atoms with E-state index in [1.165, 1.54) is 12.8 Å². The third-order valence-corrected chi connectivity index (χ3v) is 2.26. The second-order valence-corrected chi connectivity index (χ2v) is 3.62. The summed E-state index contributed by atoms with van der Waals surface area (Å²) in [5, 5.41) is 0. The molecule has 3 heteroatoms. The van der Waals surface area contributed by atoms with Crippen LogP contribution in [-0.4, -0.2) is 25.3 Å². The second-order valence-electron chi connectivity index (χ2n) is 3.62. The summed E-state index contributed by atoms with van der Waals surface area (Å²) in [5.41, 5.74) is 0. The summed E-state index contributed by atoms with van der Waals surface area (Å²) in [6.07, 6.45) is 4.74. The van der Waals surface area contributed by atoms with Gasteiger partial charge >= 0.3 is 5.97 Å². The van der Waals surface area contributed by atoms with Crippen molar-refractivity contribution in [3.8, 4) is 0 Å². The first-order valence-corrected chi connectivity index (χ1v) is 6.01. The highest BCUT2D eigenvalue weighted by molar-refractivity contribution is 5.69. The summed E-state index contributed by atoms with van der Waals surface area (Å²) < 4.78 is 10.5. The van der Waals surface area contributed by atoms with E-state index in [1.54, 1.807) is 0 Å². The molecule has 0 aliphatic carbocycles. The molecule has 1 atom stereocenters. The highest BCUT2D eigenvalue weighted by atomic mass is 16.5. The molecule has 0 aromatic heterocycles. The van der Waals surface area contributed by atoms with Crippen molar-refractivity contribution in [3.63, 3.8) is 0 Å². The molecule has 15 heavy (non-hydrogen) atoms. The Bertz CT molecular complexity index is 157. The molecule has 0 fully saturated rings. The Kier molecular flexibility index (Phi) is 9.59. The normalized spacial score (nSPS) is 12.5. The summed E-state index contributed by atoms with van der Waals surface area (Å²) in [4.78, 5) is 11.2. The fourth-order valence-electron chi connectivity index (χ4n) is 1.33. The molecule has 0 N–H and O–H groups in total. The number of carbonyl (C=O) groups is 1. The second kappa shape index (κ2) is 9.97. The summed E-state index contributed by atoms with van der Waals surface area (Å²) >= 11 is 0. The van der Waals surface area contributed by atoms with Crippen LogP contribution >= 0.6 is 0 Å². The molecule has 90 valence electrons. The van der Waals surface area contributed by atoms with E-state index in [4.69, 9.17) is 9.47 Å². The third-order valence-electron chi connectivity index (χ3n) is 2.26. The molecule has 1 unspecified atom stereocenters. The number of hydrogen-bond acceptors (Lipinski definition) is 3. The first kappa shape index (κ1) is 14.4. The van der Waals surface area contributed by atoms with Crippen LogP contribution in [0.2, 0.25) is 0 Å². The highest BCUT2D eigenvalue weighted by Crippen LogP contribution is 2.07. The zero-order valence-electron chi connectivity index (χ0n) is 10.3. The number of ether oxygens (including phenoxy) is 2. The van der Waals surface area contributed by atoms with Crippen molar-refractivity contribution >= 4 is 5.97 Å². The Morgan fingerprint density at radius 3 is 2.47 bits per heavy atom. The molecule has 0 saturated heterocycles. The van der Waals surface area contributed by atoms with Gasteiger partial charge in [0.15, 0.2) is 0 Å². The Balaban J connectivity index is 3.58. The van der Waals surface area contributed by atoms with E-state index in [9.17, 15) is 4.79 Å². The van der Waals surface area contributed by atoms with E-state index in [-0.39, 0.29) is 12.1 Å². The maximum absolute atomic E-state index is 11.2. The molecule has 0 aliphatic heterocycles. The summed E-state index contributed by atoms with van der Waals surface area (Å²) in [6, 6.07) is 0. The van der Waals surface area contributed by atoms with Gasteiger partial charge in [0, 0.05) is 6.61 Å². The lowest BCUT2D eigenvalue weighted by atomic mass is 10.2. The van der Waals surface area contributed by atoms with Gasteiger partial charge in [-0.25, -0.2) is 0 Å². The SMILES string of the molecule is CCCCCOC(CC)CC(=O)OCC. The van der Waals surface area contributed by atoms with Crippen LogP contribution in [0.4, 0.5) is 0 Å². The first-order chi connectivity index (χ1) is 7.24. The van der Waals surface area contributed by atoms with Gasteiger partial charge in [-0.15, -0.1) is 0 Å². The predicted octanol–water partition coefficient (Wildman–Crippen LogP) is 2.93. The van der Waals surface area contributed by atoms with E-state index in [0.29, 0.717) is 13.0 Å². The minimum Gasteiger partial charge on any atom is -0.466 e. The number of esters is 1. The molecule has 0 amide bonds. The van der Waals surface area contributed by atoms with Crippen LogP contribution in [0.15, 0.2) is 0 Å². The van der Waals surface area contributed by atoms with Gasteiger partial charge in [-0.2, -0.15) is 0 Å². The summed E-state index contributed by atoms with van der Waals surface area (Å²) in [6.45, 7) is 7.22. The van der Waals surface area contributed by atoms with E-state index < -0.39 is 0 Å². The first-order valence-electron chi connectivity index (χ1n) is 6.01. The number of unbranched alkanes of at least 4 members (excludes halogenated alkanes) is 2.